The average Bonchev–Trinajstić information content (AvgIpc) is 3.50. The Morgan fingerprint density at radius 1 is 0.861 bits per heavy atom. The van der Waals surface area contributed by atoms with E-state index in [1.165, 1.54) is 0 Å². The van der Waals surface area contributed by atoms with Crippen molar-refractivity contribution in [1.82, 2.24) is 34.3 Å². The molecule has 6 aromatic rings. The summed E-state index contributed by atoms with van der Waals surface area (Å²) in [5.74, 6) is 1.57. The van der Waals surface area contributed by atoms with Gasteiger partial charge >= 0.3 is 0 Å². The van der Waals surface area contributed by atoms with Gasteiger partial charge in [0.1, 0.15) is 6.33 Å². The number of fused-ring (bicyclic) bond motifs is 4. The highest BCUT2D eigenvalue weighted by Gasteiger charge is 2.38. The number of benzene rings is 2. The van der Waals surface area contributed by atoms with Crippen molar-refractivity contribution in [3.63, 3.8) is 0 Å². The third kappa shape index (κ3) is 3.04. The zero-order chi connectivity index (χ0) is 24.2. The zero-order valence-electron chi connectivity index (χ0n) is 19.7. The van der Waals surface area contributed by atoms with E-state index in [1.807, 2.05) is 72.4 Å². The maximum absolute atomic E-state index is 6.47. The van der Waals surface area contributed by atoms with Crippen molar-refractivity contribution in [2.75, 3.05) is 0 Å². The smallest absolute Gasteiger partial charge is 0.230 e. The largest absolute Gasteiger partial charge is 0.420 e. The second kappa shape index (κ2) is 7.84. The minimum absolute atomic E-state index is 0.222. The van der Waals surface area contributed by atoms with E-state index < -0.39 is 0 Å². The molecule has 0 saturated heterocycles. The van der Waals surface area contributed by atoms with Gasteiger partial charge in [0.2, 0.25) is 11.8 Å². The van der Waals surface area contributed by atoms with E-state index >= 15 is 0 Å². The summed E-state index contributed by atoms with van der Waals surface area (Å²) in [6, 6.07) is 22.1. The number of ether oxygens (including phenoxy) is 1. The van der Waals surface area contributed by atoms with Gasteiger partial charge in [0, 0.05) is 18.0 Å². The van der Waals surface area contributed by atoms with Gasteiger partial charge in [0.05, 0.1) is 28.4 Å². The first kappa shape index (κ1) is 20.5. The van der Waals surface area contributed by atoms with Gasteiger partial charge in [-0.05, 0) is 43.2 Å². The van der Waals surface area contributed by atoms with Gasteiger partial charge in [-0.1, -0.05) is 48.5 Å². The molecule has 4 aromatic heterocycles. The van der Waals surface area contributed by atoms with Crippen molar-refractivity contribution >= 4 is 5.65 Å². The molecule has 0 spiro atoms. The van der Waals surface area contributed by atoms with Crippen LogP contribution >= 0.6 is 0 Å². The van der Waals surface area contributed by atoms with Crippen molar-refractivity contribution in [1.29, 1.82) is 0 Å². The molecule has 0 fully saturated rings. The van der Waals surface area contributed by atoms with Gasteiger partial charge in [-0.25, -0.2) is 19.2 Å². The Kier molecular flexibility index (Phi) is 4.47. The molecule has 174 valence electrons. The Hall–Kier alpha value is -4.85. The van der Waals surface area contributed by atoms with Gasteiger partial charge in [0.15, 0.2) is 11.5 Å². The van der Waals surface area contributed by atoms with Crippen LogP contribution in [-0.2, 0) is 0 Å². The standard InChI is InChI=1S/C28H21N7O/c1-17-9-6-7-13-21(17)25-31-26-24-23(19-10-8-14-29-15-19)22-18(2)32-35(20-11-4-3-5-12-20)28(22)36-27(24)30-16-34(26)33-25/h3-16,23H,1-2H3/t23-/m0/s1. The quantitative estimate of drug-likeness (QED) is 0.349. The van der Waals surface area contributed by atoms with Crippen LogP contribution in [0.1, 0.15) is 33.9 Å². The summed E-state index contributed by atoms with van der Waals surface area (Å²) >= 11 is 0. The first-order valence-electron chi connectivity index (χ1n) is 11.7. The Labute approximate surface area is 206 Å². The summed E-state index contributed by atoms with van der Waals surface area (Å²) in [5, 5.41) is 9.63. The Bertz CT molecular complexity index is 1740. The van der Waals surface area contributed by atoms with E-state index in [1.54, 1.807) is 17.0 Å². The number of pyridine rings is 1. The molecule has 0 radical (unpaired) electrons. The number of hydrogen-bond acceptors (Lipinski definition) is 6. The summed E-state index contributed by atoms with van der Waals surface area (Å²) in [5.41, 5.74) is 7.40. The SMILES string of the molecule is Cc1ccccc1-c1nc2c3c(ncn2n1)Oc1c(c(C)nn1-c1ccccc1)[C@@H]3c1cccnc1. The highest BCUT2D eigenvalue weighted by molar-refractivity contribution is 5.69. The third-order valence-electron chi connectivity index (χ3n) is 6.62. The molecule has 2 aromatic carbocycles. The molecule has 0 saturated carbocycles. The molecule has 0 aliphatic carbocycles. The second-order valence-corrected chi connectivity index (χ2v) is 8.85. The van der Waals surface area contributed by atoms with Gasteiger partial charge < -0.3 is 4.74 Å². The van der Waals surface area contributed by atoms with E-state index in [-0.39, 0.29) is 5.92 Å². The first-order valence-corrected chi connectivity index (χ1v) is 11.7. The molecule has 1 aliphatic heterocycles. The van der Waals surface area contributed by atoms with Crippen LogP contribution in [0.5, 0.6) is 11.8 Å². The molecule has 7 rings (SSSR count). The molecule has 1 aliphatic rings. The van der Waals surface area contributed by atoms with Crippen molar-refractivity contribution < 1.29 is 4.74 Å². The van der Waals surface area contributed by atoms with Crippen molar-refractivity contribution in [2.24, 2.45) is 0 Å². The van der Waals surface area contributed by atoms with Crippen LogP contribution in [0.25, 0.3) is 22.7 Å². The van der Waals surface area contributed by atoms with Gasteiger partial charge in [-0.3, -0.25) is 4.98 Å². The number of hydrogen-bond donors (Lipinski definition) is 0. The molecule has 0 N–H and O–H groups in total. The van der Waals surface area contributed by atoms with E-state index in [0.717, 1.165) is 39.2 Å². The van der Waals surface area contributed by atoms with Crippen LogP contribution in [0.4, 0.5) is 0 Å². The van der Waals surface area contributed by atoms with Crippen LogP contribution in [0.15, 0.2) is 85.5 Å². The lowest BCUT2D eigenvalue weighted by Crippen LogP contribution is -2.16. The van der Waals surface area contributed by atoms with Gasteiger partial charge in [-0.15, -0.1) is 5.10 Å². The molecule has 8 heteroatoms. The Morgan fingerprint density at radius 2 is 1.69 bits per heavy atom. The molecule has 36 heavy (non-hydrogen) atoms. The van der Waals surface area contributed by atoms with E-state index in [0.29, 0.717) is 23.2 Å². The maximum Gasteiger partial charge on any atom is 0.230 e. The van der Waals surface area contributed by atoms with E-state index in [9.17, 15) is 0 Å². The fourth-order valence-electron chi connectivity index (χ4n) is 4.94. The molecule has 8 nitrogen and oxygen atoms in total. The first-order chi connectivity index (χ1) is 17.7. The van der Waals surface area contributed by atoms with E-state index in [2.05, 4.69) is 29.0 Å². The summed E-state index contributed by atoms with van der Waals surface area (Å²) in [6.45, 7) is 4.07. The minimum atomic E-state index is -0.222. The van der Waals surface area contributed by atoms with Gasteiger partial charge in [0.25, 0.3) is 0 Å². The Morgan fingerprint density at radius 3 is 2.50 bits per heavy atom. The highest BCUT2D eigenvalue weighted by Crippen LogP contribution is 2.49. The van der Waals surface area contributed by atoms with E-state index in [4.69, 9.17) is 19.9 Å². The topological polar surface area (TPSA) is 83.0 Å². The second-order valence-electron chi connectivity index (χ2n) is 8.85. The lowest BCUT2D eigenvalue weighted by atomic mass is 9.85. The van der Waals surface area contributed by atoms with Crippen molar-refractivity contribution in [3.05, 3.63) is 113 Å². The Balaban J connectivity index is 1.50. The van der Waals surface area contributed by atoms with Crippen LogP contribution in [-0.4, -0.2) is 34.3 Å². The summed E-state index contributed by atoms with van der Waals surface area (Å²) < 4.78 is 10.0. The molecular weight excluding hydrogens is 450 g/mol. The maximum atomic E-state index is 6.47. The lowest BCUT2D eigenvalue weighted by Gasteiger charge is -2.26. The summed E-state index contributed by atoms with van der Waals surface area (Å²) in [4.78, 5) is 14.1. The molecule has 0 amide bonds. The van der Waals surface area contributed by atoms with Crippen LogP contribution in [0.3, 0.4) is 0 Å². The number of aryl methyl sites for hydroxylation is 2. The highest BCUT2D eigenvalue weighted by atomic mass is 16.5. The minimum Gasteiger partial charge on any atom is -0.420 e. The van der Waals surface area contributed by atoms with Crippen LogP contribution in [0.2, 0.25) is 0 Å². The number of rotatable bonds is 3. The number of aromatic nitrogens is 7. The molecular formula is C28H21N7O. The third-order valence-corrected chi connectivity index (χ3v) is 6.62. The lowest BCUT2D eigenvalue weighted by molar-refractivity contribution is 0.402. The zero-order valence-corrected chi connectivity index (χ0v) is 19.7. The fourth-order valence-corrected chi connectivity index (χ4v) is 4.94. The summed E-state index contributed by atoms with van der Waals surface area (Å²) in [6.07, 6.45) is 5.31. The molecule has 1 atom stereocenters. The predicted octanol–water partition coefficient (Wildman–Crippen LogP) is 5.27. The molecule has 5 heterocycles. The van der Waals surface area contributed by atoms with Crippen LogP contribution in [0, 0.1) is 13.8 Å². The normalized spacial score (nSPS) is 14.3. The molecule has 0 bridgehead atoms. The number of para-hydroxylation sites is 1. The monoisotopic (exact) mass is 471 g/mol. The number of nitrogens with zero attached hydrogens (tertiary/aromatic N) is 7. The summed E-state index contributed by atoms with van der Waals surface area (Å²) in [7, 11) is 0. The average molecular weight is 472 g/mol. The van der Waals surface area contributed by atoms with Crippen LogP contribution < -0.4 is 4.74 Å². The van der Waals surface area contributed by atoms with Crippen molar-refractivity contribution in [2.45, 2.75) is 19.8 Å². The fraction of sp³-hybridized carbons (Fsp3) is 0.107. The molecule has 0 unspecified atom stereocenters. The van der Waals surface area contributed by atoms with Crippen molar-refractivity contribution in [3.8, 4) is 28.8 Å². The van der Waals surface area contributed by atoms with Gasteiger partial charge in [-0.2, -0.15) is 5.10 Å². The predicted molar refractivity (Wildman–Crippen MR) is 135 cm³/mol.